The average molecular weight is 383 g/mol. The lowest BCUT2D eigenvalue weighted by atomic mass is 10.2. The first-order valence-corrected chi connectivity index (χ1v) is 8.49. The highest BCUT2D eigenvalue weighted by molar-refractivity contribution is 6.30. The van der Waals surface area contributed by atoms with E-state index in [1.165, 1.54) is 0 Å². The predicted molar refractivity (Wildman–Crippen MR) is 97.5 cm³/mol. The molecule has 0 aliphatic heterocycles. The summed E-state index contributed by atoms with van der Waals surface area (Å²) in [6.07, 6.45) is 6.35. The molecule has 4 N–H and O–H groups in total. The van der Waals surface area contributed by atoms with Gasteiger partial charge in [-0.1, -0.05) is 17.7 Å². The minimum absolute atomic E-state index is 0. The number of benzene rings is 1. The monoisotopic (exact) mass is 382 g/mol. The van der Waals surface area contributed by atoms with Gasteiger partial charge in [0.15, 0.2) is 0 Å². The maximum Gasteiger partial charge on any atom is 0.327 e. The summed E-state index contributed by atoms with van der Waals surface area (Å²) >= 11 is 5.84. The molecule has 25 heavy (non-hydrogen) atoms. The maximum absolute atomic E-state index is 5.84. The summed E-state index contributed by atoms with van der Waals surface area (Å²) in [6, 6.07) is 13.3. The number of rotatable bonds is 9. The zero-order valence-electron chi connectivity index (χ0n) is 14.1. The van der Waals surface area contributed by atoms with Gasteiger partial charge in [0, 0.05) is 11.1 Å². The van der Waals surface area contributed by atoms with Crippen LogP contribution in [0.5, 0.6) is 5.75 Å². The highest BCUT2D eigenvalue weighted by Crippen LogP contribution is 2.16. The van der Waals surface area contributed by atoms with Crippen molar-refractivity contribution in [2.75, 3.05) is 6.61 Å². The summed E-state index contributed by atoms with van der Waals surface area (Å²) in [5, 5.41) is 0.723. The van der Waals surface area contributed by atoms with E-state index < -0.39 is 0 Å². The molecule has 0 radical (unpaired) electrons. The molecule has 5 nitrogen and oxygen atoms in total. The van der Waals surface area contributed by atoms with Crippen molar-refractivity contribution in [3.05, 3.63) is 53.7 Å². The smallest absolute Gasteiger partial charge is 0.327 e. The van der Waals surface area contributed by atoms with Crippen LogP contribution in [0.2, 0.25) is 5.02 Å². The number of hydrogen-bond acceptors (Lipinski definition) is 2. The number of aliphatic imine (C=N–C) groups is 1. The zero-order valence-corrected chi connectivity index (χ0v) is 15.6. The largest absolute Gasteiger partial charge is 1.00 e. The van der Waals surface area contributed by atoms with Crippen molar-refractivity contribution < 1.29 is 21.7 Å². The Hall–Kier alpha value is -1.98. The van der Waals surface area contributed by atoms with Crippen LogP contribution in [-0.2, 0) is 6.54 Å². The topological polar surface area (TPSA) is 77.5 Å². The fourth-order valence-corrected chi connectivity index (χ4v) is 2.47. The Morgan fingerprint density at radius 2 is 1.72 bits per heavy atom. The maximum atomic E-state index is 5.84. The average Bonchev–Trinajstić information content (AvgIpc) is 2.56. The van der Waals surface area contributed by atoms with Crippen LogP contribution in [0, 0.1) is 0 Å². The van der Waals surface area contributed by atoms with E-state index in [1.54, 1.807) is 0 Å². The van der Waals surface area contributed by atoms with Crippen LogP contribution in [0.4, 0.5) is 5.82 Å². The first kappa shape index (κ1) is 21.1. The molecule has 0 spiro atoms. The molecule has 0 saturated carbocycles. The van der Waals surface area contributed by atoms with Crippen LogP contribution in [0.3, 0.4) is 0 Å². The van der Waals surface area contributed by atoms with Gasteiger partial charge in [0.25, 0.3) is 0 Å². The standard InChI is InChI=1S/C18H23ClN4O.ClH/c19-15-8-10-16(11-9-15)24-14-6-2-1-4-12-23-13-5-3-7-17(23)22-18(20)21;/h3,5,7-11,13H,1-2,4,6,12,14H2,(H3,20,21);1H. The molecule has 136 valence electrons. The molecular weight excluding hydrogens is 359 g/mol. The molecule has 2 aromatic rings. The normalized spacial score (nSPS) is 9.96. The summed E-state index contributed by atoms with van der Waals surface area (Å²) in [4.78, 5) is 4.13. The number of nitrogens with two attached hydrogens (primary N) is 2. The lowest BCUT2D eigenvalue weighted by molar-refractivity contribution is -0.684. The second-order valence-corrected chi connectivity index (χ2v) is 5.94. The first-order chi connectivity index (χ1) is 11.6. The van der Waals surface area contributed by atoms with Crippen molar-refractivity contribution in [2.24, 2.45) is 16.5 Å². The molecule has 0 amide bonds. The summed E-state index contributed by atoms with van der Waals surface area (Å²) in [5.74, 6) is 1.72. The van der Waals surface area contributed by atoms with Gasteiger partial charge in [-0.15, -0.1) is 0 Å². The Morgan fingerprint density at radius 3 is 2.44 bits per heavy atom. The third-order valence-corrected chi connectivity index (χ3v) is 3.79. The van der Waals surface area contributed by atoms with Gasteiger partial charge in [-0.25, -0.2) is 4.57 Å². The van der Waals surface area contributed by atoms with Gasteiger partial charge in [-0.05, 0) is 61.0 Å². The van der Waals surface area contributed by atoms with Gasteiger partial charge in [0.2, 0.25) is 0 Å². The number of unbranched alkanes of at least 4 members (excludes halogenated alkanes) is 3. The zero-order chi connectivity index (χ0) is 17.2. The quantitative estimate of drug-likeness (QED) is 0.281. The van der Waals surface area contributed by atoms with E-state index in [1.807, 2.05) is 48.7 Å². The van der Waals surface area contributed by atoms with Crippen molar-refractivity contribution in [2.45, 2.75) is 32.2 Å². The minimum atomic E-state index is 0. The number of aromatic nitrogens is 1. The van der Waals surface area contributed by atoms with Crippen LogP contribution >= 0.6 is 11.6 Å². The van der Waals surface area contributed by atoms with Gasteiger partial charge in [0.05, 0.1) is 19.3 Å². The van der Waals surface area contributed by atoms with Crippen molar-refractivity contribution in [3.63, 3.8) is 0 Å². The number of pyridine rings is 1. The van der Waals surface area contributed by atoms with E-state index in [0.29, 0.717) is 0 Å². The molecule has 2 rings (SSSR count). The van der Waals surface area contributed by atoms with E-state index in [4.69, 9.17) is 27.8 Å². The Labute approximate surface area is 160 Å². The second-order valence-electron chi connectivity index (χ2n) is 5.51. The molecule has 0 saturated heterocycles. The number of guanidine groups is 1. The number of nitrogens with zero attached hydrogens (tertiary/aromatic N) is 2. The van der Waals surface area contributed by atoms with Gasteiger partial charge in [-0.3, -0.25) is 0 Å². The van der Waals surface area contributed by atoms with Crippen LogP contribution in [0.1, 0.15) is 25.7 Å². The summed E-state index contributed by atoms with van der Waals surface area (Å²) < 4.78 is 7.74. The molecule has 0 bridgehead atoms. The molecule has 1 aromatic heterocycles. The lowest BCUT2D eigenvalue weighted by Gasteiger charge is -2.06. The molecule has 1 heterocycles. The fourth-order valence-electron chi connectivity index (χ4n) is 2.35. The molecule has 0 unspecified atom stereocenters. The van der Waals surface area contributed by atoms with E-state index >= 15 is 0 Å². The van der Waals surface area contributed by atoms with Crippen molar-refractivity contribution in [3.8, 4) is 5.75 Å². The van der Waals surface area contributed by atoms with E-state index in [9.17, 15) is 0 Å². The molecule has 0 atom stereocenters. The first-order valence-electron chi connectivity index (χ1n) is 8.11. The summed E-state index contributed by atoms with van der Waals surface area (Å²) in [6.45, 7) is 1.62. The lowest BCUT2D eigenvalue weighted by Crippen LogP contribution is -3.00. The number of hydrogen-bond donors (Lipinski definition) is 2. The number of ether oxygens (including phenoxy) is 1. The van der Waals surface area contributed by atoms with Gasteiger partial charge < -0.3 is 28.6 Å². The van der Waals surface area contributed by atoms with Crippen LogP contribution in [-0.4, -0.2) is 12.6 Å². The molecule has 1 aromatic carbocycles. The predicted octanol–water partition coefficient (Wildman–Crippen LogP) is 0.176. The second kappa shape index (κ2) is 11.6. The SMILES string of the molecule is NC(N)=Nc1cccc[n+]1CCCCCCOc1ccc(Cl)cc1.[Cl-]. The Bertz CT molecular complexity index is 658. The third-order valence-electron chi connectivity index (χ3n) is 3.54. The highest BCUT2D eigenvalue weighted by Gasteiger charge is 2.08. The molecule has 0 aliphatic carbocycles. The Morgan fingerprint density at radius 1 is 1.00 bits per heavy atom. The van der Waals surface area contributed by atoms with E-state index in [0.717, 1.165) is 55.4 Å². The number of aryl methyl sites for hydroxylation is 1. The Kier molecular flexibility index (Phi) is 9.73. The third kappa shape index (κ3) is 8.09. The van der Waals surface area contributed by atoms with Crippen LogP contribution in [0.25, 0.3) is 0 Å². The Balaban J connectivity index is 0.00000312. The number of halogens is 2. The highest BCUT2D eigenvalue weighted by atomic mass is 35.5. The van der Waals surface area contributed by atoms with Crippen molar-refractivity contribution >= 4 is 23.4 Å². The minimum Gasteiger partial charge on any atom is -1.00 e. The molecular formula is C18H24Cl2N4O. The molecule has 7 heteroatoms. The van der Waals surface area contributed by atoms with Crippen molar-refractivity contribution in [1.29, 1.82) is 0 Å². The van der Waals surface area contributed by atoms with E-state index in [2.05, 4.69) is 9.56 Å². The fraction of sp³-hybridized carbons (Fsp3) is 0.333. The van der Waals surface area contributed by atoms with Crippen LogP contribution in [0.15, 0.2) is 53.7 Å². The van der Waals surface area contributed by atoms with Crippen molar-refractivity contribution in [1.82, 2.24) is 0 Å². The molecule has 0 aliphatic rings. The molecule has 0 fully saturated rings. The summed E-state index contributed by atoms with van der Waals surface area (Å²) in [5.41, 5.74) is 10.9. The van der Waals surface area contributed by atoms with Crippen LogP contribution < -0.4 is 33.2 Å². The summed E-state index contributed by atoms with van der Waals surface area (Å²) in [7, 11) is 0. The van der Waals surface area contributed by atoms with E-state index in [-0.39, 0.29) is 18.4 Å². The van der Waals surface area contributed by atoms with Gasteiger partial charge in [-0.2, -0.15) is 0 Å². The van der Waals surface area contributed by atoms with Gasteiger partial charge >= 0.3 is 11.8 Å². The van der Waals surface area contributed by atoms with Gasteiger partial charge in [0.1, 0.15) is 5.75 Å².